The van der Waals surface area contributed by atoms with Gasteiger partial charge in [0.15, 0.2) is 0 Å². The molecule has 0 aliphatic heterocycles. The molecule has 0 heterocycles. The number of hydrogen-bond donors (Lipinski definition) is 0. The SMILES string of the molecule is CC.CC.CCOC.CSC.CSCc1ccccc1.c1ccc2ccccc2c1. The van der Waals surface area contributed by atoms with Crippen LogP contribution >= 0.6 is 23.5 Å². The van der Waals surface area contributed by atoms with Crippen LogP contribution in [0.4, 0.5) is 0 Å². The Morgan fingerprint density at radius 2 is 0.933 bits per heavy atom. The Balaban J connectivity index is -0.000000335. The monoisotopic (exact) mass is 448 g/mol. The largest absolute Gasteiger partial charge is 0.385 e. The first-order valence-corrected chi connectivity index (χ1v) is 13.6. The summed E-state index contributed by atoms with van der Waals surface area (Å²) in [6.45, 7) is 10.8. The average molecular weight is 449 g/mol. The summed E-state index contributed by atoms with van der Waals surface area (Å²) in [4.78, 5) is 0. The lowest BCUT2D eigenvalue weighted by Crippen LogP contribution is -1.74. The second kappa shape index (κ2) is 29.8. The van der Waals surface area contributed by atoms with Crippen molar-refractivity contribution in [2.24, 2.45) is 0 Å². The fourth-order valence-electron chi connectivity index (χ4n) is 1.87. The number of hydrogen-bond acceptors (Lipinski definition) is 3. The van der Waals surface area contributed by atoms with Crippen molar-refractivity contribution in [3.63, 3.8) is 0 Å². The quantitative estimate of drug-likeness (QED) is 0.395. The number of thioether (sulfide) groups is 2. The predicted octanol–water partition coefficient (Wildman–Crippen LogP) is 9.07. The average Bonchev–Trinajstić information content (AvgIpc) is 2.84. The molecule has 0 radical (unpaired) electrons. The van der Waals surface area contributed by atoms with E-state index in [0.717, 1.165) is 12.4 Å². The van der Waals surface area contributed by atoms with Crippen molar-refractivity contribution < 1.29 is 4.74 Å². The summed E-state index contributed by atoms with van der Waals surface area (Å²) in [5, 5.41) is 2.62. The van der Waals surface area contributed by atoms with Gasteiger partial charge in [0, 0.05) is 19.5 Å². The molecule has 0 saturated carbocycles. The second-order valence-electron chi connectivity index (χ2n) is 5.25. The van der Waals surface area contributed by atoms with Gasteiger partial charge in [0.25, 0.3) is 0 Å². The van der Waals surface area contributed by atoms with E-state index in [4.69, 9.17) is 0 Å². The highest BCUT2D eigenvalue weighted by molar-refractivity contribution is 7.98. The molecule has 30 heavy (non-hydrogen) atoms. The van der Waals surface area contributed by atoms with Gasteiger partial charge >= 0.3 is 0 Å². The summed E-state index contributed by atoms with van der Waals surface area (Å²) >= 11 is 3.60. The molecular weight excluding hydrogens is 404 g/mol. The normalized spacial score (nSPS) is 8.17. The fourth-order valence-corrected chi connectivity index (χ4v) is 2.40. The molecule has 0 saturated heterocycles. The third-order valence-corrected chi connectivity index (χ3v) is 3.72. The van der Waals surface area contributed by atoms with Crippen molar-refractivity contribution in [2.75, 3.05) is 32.5 Å². The van der Waals surface area contributed by atoms with E-state index in [2.05, 4.69) is 83.8 Å². The molecule has 0 amide bonds. The Bertz CT molecular complexity index is 590. The first kappa shape index (κ1) is 33.2. The number of rotatable bonds is 3. The van der Waals surface area contributed by atoms with Crippen LogP contribution in [0.5, 0.6) is 0 Å². The van der Waals surface area contributed by atoms with Crippen molar-refractivity contribution in [1.29, 1.82) is 0 Å². The predicted molar refractivity (Wildman–Crippen MR) is 147 cm³/mol. The third kappa shape index (κ3) is 21.3. The molecule has 0 atom stereocenters. The van der Waals surface area contributed by atoms with Gasteiger partial charge in [0.2, 0.25) is 0 Å². The lowest BCUT2D eigenvalue weighted by molar-refractivity contribution is 0.215. The van der Waals surface area contributed by atoms with Gasteiger partial charge in [-0.1, -0.05) is 107 Å². The molecule has 3 rings (SSSR count). The van der Waals surface area contributed by atoms with Crippen LogP contribution in [0, 0.1) is 0 Å². The number of ether oxygens (including phenoxy) is 1. The van der Waals surface area contributed by atoms with Gasteiger partial charge < -0.3 is 4.74 Å². The van der Waals surface area contributed by atoms with Crippen LogP contribution in [0.15, 0.2) is 78.9 Å². The standard InChI is InChI=1S/C10H8.C8H10S.C3H8O.C2H6S.2C2H6/c1-2-6-10-8-4-3-7-9(10)5-1;1-9-7-8-5-3-2-4-6-8;1-3-4-2;1-3-2;2*1-2/h1-8H;2-6H,7H2,1H3;3H2,1-2H3;1-2H3;2*1-2H3. The van der Waals surface area contributed by atoms with Crippen molar-refractivity contribution in [1.82, 2.24) is 0 Å². The van der Waals surface area contributed by atoms with Crippen LogP contribution in [-0.4, -0.2) is 32.5 Å². The number of fused-ring (bicyclic) bond motifs is 1. The van der Waals surface area contributed by atoms with Crippen LogP contribution < -0.4 is 0 Å². The molecule has 0 bridgehead atoms. The van der Waals surface area contributed by atoms with E-state index in [1.165, 1.54) is 16.3 Å². The van der Waals surface area contributed by atoms with Crippen molar-refractivity contribution in [3.8, 4) is 0 Å². The smallest absolute Gasteiger partial charge is 0.0433 e. The first-order valence-electron chi connectivity index (χ1n) is 10.6. The van der Waals surface area contributed by atoms with Crippen molar-refractivity contribution >= 4 is 34.3 Å². The maximum atomic E-state index is 4.54. The van der Waals surface area contributed by atoms with Crippen LogP contribution in [0.25, 0.3) is 10.8 Å². The summed E-state index contributed by atoms with van der Waals surface area (Å²) in [7, 11) is 1.68. The molecule has 3 aromatic carbocycles. The van der Waals surface area contributed by atoms with Gasteiger partial charge in [-0.25, -0.2) is 0 Å². The molecule has 0 aliphatic carbocycles. The van der Waals surface area contributed by atoms with Crippen molar-refractivity contribution in [3.05, 3.63) is 84.4 Å². The Labute approximate surface area is 196 Å². The van der Waals surface area contributed by atoms with E-state index in [-0.39, 0.29) is 0 Å². The zero-order valence-corrected chi connectivity index (χ0v) is 22.3. The number of benzene rings is 3. The van der Waals surface area contributed by atoms with E-state index >= 15 is 0 Å². The van der Waals surface area contributed by atoms with Gasteiger partial charge in [0.05, 0.1) is 0 Å². The minimum absolute atomic E-state index is 0.819. The van der Waals surface area contributed by atoms with E-state index < -0.39 is 0 Å². The van der Waals surface area contributed by atoms with E-state index in [9.17, 15) is 0 Å². The minimum Gasteiger partial charge on any atom is -0.385 e. The first-order chi connectivity index (χ1) is 14.7. The highest BCUT2D eigenvalue weighted by Gasteiger charge is 1.85. The van der Waals surface area contributed by atoms with Gasteiger partial charge in [-0.3, -0.25) is 0 Å². The summed E-state index contributed by atoms with van der Waals surface area (Å²) in [6, 6.07) is 27.2. The van der Waals surface area contributed by atoms with Crippen LogP contribution in [0.2, 0.25) is 0 Å². The lowest BCUT2D eigenvalue weighted by atomic mass is 10.1. The maximum Gasteiger partial charge on any atom is 0.0433 e. The van der Waals surface area contributed by atoms with Crippen LogP contribution in [0.3, 0.4) is 0 Å². The van der Waals surface area contributed by atoms with E-state index in [1.807, 2.05) is 65.0 Å². The molecule has 0 unspecified atom stereocenters. The van der Waals surface area contributed by atoms with Gasteiger partial charge in [0.1, 0.15) is 0 Å². The maximum absolute atomic E-state index is 4.54. The lowest BCUT2D eigenvalue weighted by Gasteiger charge is -1.93. The van der Waals surface area contributed by atoms with E-state index in [0.29, 0.717) is 0 Å². The molecule has 0 N–H and O–H groups in total. The Morgan fingerprint density at radius 3 is 1.20 bits per heavy atom. The Hall–Kier alpha value is -1.42. The number of methoxy groups -OCH3 is 1. The Kier molecular flexibility index (Phi) is 33.0. The fraction of sp³-hybridized carbons (Fsp3) is 0.407. The van der Waals surface area contributed by atoms with Gasteiger partial charge in [-0.2, -0.15) is 23.5 Å². The van der Waals surface area contributed by atoms with Gasteiger partial charge in [-0.05, 0) is 42.0 Å². The van der Waals surface area contributed by atoms with E-state index in [1.54, 1.807) is 18.9 Å². The van der Waals surface area contributed by atoms with Gasteiger partial charge in [-0.15, -0.1) is 0 Å². The molecule has 170 valence electrons. The molecule has 0 spiro atoms. The molecule has 0 aromatic heterocycles. The second-order valence-corrected chi connectivity index (χ2v) is 6.93. The molecule has 3 aromatic rings. The molecule has 3 heteroatoms. The highest BCUT2D eigenvalue weighted by atomic mass is 32.2. The topological polar surface area (TPSA) is 9.23 Å². The van der Waals surface area contributed by atoms with Crippen LogP contribution in [-0.2, 0) is 10.5 Å². The highest BCUT2D eigenvalue weighted by Crippen LogP contribution is 2.11. The third-order valence-electron chi connectivity index (χ3n) is 3.10. The Morgan fingerprint density at radius 1 is 0.633 bits per heavy atom. The van der Waals surface area contributed by atoms with Crippen LogP contribution in [0.1, 0.15) is 40.2 Å². The minimum atomic E-state index is 0.819. The zero-order chi connectivity index (χ0) is 23.5. The molecule has 0 aliphatic rings. The summed E-state index contributed by atoms with van der Waals surface area (Å²) < 4.78 is 4.54. The zero-order valence-electron chi connectivity index (χ0n) is 20.6. The summed E-state index contributed by atoms with van der Waals surface area (Å²) in [5.41, 5.74) is 1.41. The summed E-state index contributed by atoms with van der Waals surface area (Å²) in [6.07, 6.45) is 6.20. The van der Waals surface area contributed by atoms with Crippen molar-refractivity contribution in [2.45, 2.75) is 40.4 Å². The summed E-state index contributed by atoms with van der Waals surface area (Å²) in [5.74, 6) is 1.13. The molecule has 0 fully saturated rings. The molecule has 1 nitrogen and oxygen atoms in total. The molecular formula is C27H44OS2.